The highest BCUT2D eigenvalue weighted by Gasteiger charge is 2.48. The Balaban J connectivity index is 1.64. The summed E-state index contributed by atoms with van der Waals surface area (Å²) in [7, 11) is 3.43. The van der Waals surface area contributed by atoms with Gasteiger partial charge in [0.05, 0.1) is 13.7 Å². The number of allylic oxidation sites excluding steroid dienone is 2. The molecule has 1 aromatic rings. The van der Waals surface area contributed by atoms with E-state index in [1.807, 2.05) is 0 Å². The fraction of sp³-hybridized carbons (Fsp3) is 0.636. The van der Waals surface area contributed by atoms with Crippen molar-refractivity contribution in [1.29, 1.82) is 0 Å². The summed E-state index contributed by atoms with van der Waals surface area (Å²) in [6.07, 6.45) is 11.3. The Morgan fingerprint density at radius 2 is 2.00 bits per heavy atom. The third-order valence-electron chi connectivity index (χ3n) is 6.88. The van der Waals surface area contributed by atoms with Gasteiger partial charge in [-0.1, -0.05) is 19.1 Å². The number of ether oxygens (including phenoxy) is 3. The smallest absolute Gasteiger partial charge is 0.161 e. The SMILES string of the molecule is COCCOc1cc2c(cc1OC)CC[C@@H]1[C@@H]2CC[C@]2(C)C=CC[C@@H]12. The molecular formula is C22H30O3. The second-order valence-corrected chi connectivity index (χ2v) is 8.14. The van der Waals surface area contributed by atoms with Gasteiger partial charge in [-0.15, -0.1) is 0 Å². The quantitative estimate of drug-likeness (QED) is 0.571. The van der Waals surface area contributed by atoms with Crippen LogP contribution in [0.25, 0.3) is 0 Å². The molecule has 136 valence electrons. The van der Waals surface area contributed by atoms with E-state index in [1.54, 1.807) is 14.2 Å². The predicted octanol–water partition coefficient (Wildman–Crippen LogP) is 4.74. The fourth-order valence-corrected chi connectivity index (χ4v) is 5.57. The van der Waals surface area contributed by atoms with Crippen molar-refractivity contribution < 1.29 is 14.2 Å². The second kappa shape index (κ2) is 6.68. The Bertz CT molecular complexity index is 665. The molecule has 0 bridgehead atoms. The van der Waals surface area contributed by atoms with E-state index >= 15 is 0 Å². The van der Waals surface area contributed by atoms with Gasteiger partial charge in [0.2, 0.25) is 0 Å². The normalized spacial score (nSPS) is 32.7. The highest BCUT2D eigenvalue weighted by Crippen LogP contribution is 2.59. The van der Waals surface area contributed by atoms with Crippen molar-refractivity contribution in [3.05, 3.63) is 35.4 Å². The van der Waals surface area contributed by atoms with Crippen LogP contribution in [0.4, 0.5) is 0 Å². The van der Waals surface area contributed by atoms with Crippen molar-refractivity contribution >= 4 is 0 Å². The summed E-state index contributed by atoms with van der Waals surface area (Å²) in [6.45, 7) is 3.63. The van der Waals surface area contributed by atoms with E-state index in [9.17, 15) is 0 Å². The highest BCUT2D eigenvalue weighted by molar-refractivity contribution is 5.50. The van der Waals surface area contributed by atoms with Crippen molar-refractivity contribution in [3.63, 3.8) is 0 Å². The van der Waals surface area contributed by atoms with Gasteiger partial charge >= 0.3 is 0 Å². The van der Waals surface area contributed by atoms with Crippen molar-refractivity contribution in [2.75, 3.05) is 27.4 Å². The van der Waals surface area contributed by atoms with Gasteiger partial charge in [0, 0.05) is 7.11 Å². The van der Waals surface area contributed by atoms with Gasteiger partial charge in [-0.3, -0.25) is 0 Å². The van der Waals surface area contributed by atoms with Gasteiger partial charge in [0.15, 0.2) is 11.5 Å². The van der Waals surface area contributed by atoms with Crippen LogP contribution in [0.5, 0.6) is 11.5 Å². The third kappa shape index (κ3) is 2.87. The average Bonchev–Trinajstić information content (AvgIpc) is 3.03. The molecule has 4 atom stereocenters. The summed E-state index contributed by atoms with van der Waals surface area (Å²) in [5.41, 5.74) is 3.41. The van der Waals surface area contributed by atoms with Gasteiger partial charge in [0.1, 0.15) is 6.61 Å². The molecule has 0 aliphatic heterocycles. The molecular weight excluding hydrogens is 312 g/mol. The maximum Gasteiger partial charge on any atom is 0.161 e. The minimum Gasteiger partial charge on any atom is -0.493 e. The molecule has 1 aromatic carbocycles. The number of fused-ring (bicyclic) bond motifs is 5. The Labute approximate surface area is 151 Å². The van der Waals surface area contributed by atoms with Gasteiger partial charge < -0.3 is 14.2 Å². The lowest BCUT2D eigenvalue weighted by atomic mass is 9.56. The summed E-state index contributed by atoms with van der Waals surface area (Å²) in [5.74, 6) is 4.03. The lowest BCUT2D eigenvalue weighted by Gasteiger charge is -2.49. The van der Waals surface area contributed by atoms with Crippen LogP contribution in [0.2, 0.25) is 0 Å². The highest BCUT2D eigenvalue weighted by atomic mass is 16.5. The number of hydrogen-bond donors (Lipinski definition) is 0. The maximum atomic E-state index is 5.96. The van der Waals surface area contributed by atoms with E-state index in [1.165, 1.54) is 36.8 Å². The molecule has 0 radical (unpaired) electrons. The minimum atomic E-state index is 0.433. The molecule has 0 aromatic heterocycles. The first-order chi connectivity index (χ1) is 12.2. The minimum absolute atomic E-state index is 0.433. The second-order valence-electron chi connectivity index (χ2n) is 8.14. The molecule has 25 heavy (non-hydrogen) atoms. The van der Waals surface area contributed by atoms with E-state index in [2.05, 4.69) is 31.2 Å². The fourth-order valence-electron chi connectivity index (χ4n) is 5.57. The van der Waals surface area contributed by atoms with E-state index < -0.39 is 0 Å². The lowest BCUT2D eigenvalue weighted by molar-refractivity contribution is 0.0823. The molecule has 3 heteroatoms. The Morgan fingerprint density at radius 1 is 1.12 bits per heavy atom. The first kappa shape index (κ1) is 17.0. The van der Waals surface area contributed by atoms with Crippen LogP contribution in [-0.2, 0) is 11.2 Å². The van der Waals surface area contributed by atoms with Crippen molar-refractivity contribution in [2.45, 2.75) is 44.9 Å². The number of hydrogen-bond acceptors (Lipinski definition) is 3. The molecule has 0 heterocycles. The average molecular weight is 342 g/mol. The number of rotatable bonds is 5. The van der Waals surface area contributed by atoms with E-state index in [0.29, 0.717) is 24.5 Å². The summed E-state index contributed by atoms with van der Waals surface area (Å²) >= 11 is 0. The topological polar surface area (TPSA) is 27.7 Å². The number of aryl methyl sites for hydroxylation is 1. The molecule has 0 spiro atoms. The van der Waals surface area contributed by atoms with E-state index in [0.717, 1.165) is 29.8 Å². The molecule has 0 unspecified atom stereocenters. The van der Waals surface area contributed by atoms with Gasteiger partial charge in [0.25, 0.3) is 0 Å². The molecule has 1 fully saturated rings. The molecule has 1 saturated carbocycles. The monoisotopic (exact) mass is 342 g/mol. The largest absolute Gasteiger partial charge is 0.493 e. The molecule has 3 aliphatic rings. The molecule has 4 rings (SSSR count). The van der Waals surface area contributed by atoms with Crippen molar-refractivity contribution in [1.82, 2.24) is 0 Å². The van der Waals surface area contributed by atoms with Gasteiger partial charge in [-0.25, -0.2) is 0 Å². The van der Waals surface area contributed by atoms with Gasteiger partial charge in [-0.2, -0.15) is 0 Å². The number of methoxy groups -OCH3 is 2. The van der Waals surface area contributed by atoms with Crippen LogP contribution in [0.3, 0.4) is 0 Å². The molecule has 0 saturated heterocycles. The van der Waals surface area contributed by atoms with Crippen molar-refractivity contribution in [2.24, 2.45) is 17.3 Å². The first-order valence-corrected chi connectivity index (χ1v) is 9.66. The van der Waals surface area contributed by atoms with Crippen LogP contribution in [-0.4, -0.2) is 27.4 Å². The van der Waals surface area contributed by atoms with Crippen LogP contribution < -0.4 is 9.47 Å². The summed E-state index contributed by atoms with van der Waals surface area (Å²) in [5, 5.41) is 0. The van der Waals surface area contributed by atoms with Crippen LogP contribution in [0.15, 0.2) is 24.3 Å². The summed E-state index contributed by atoms with van der Waals surface area (Å²) in [6, 6.07) is 4.49. The zero-order valence-electron chi connectivity index (χ0n) is 15.7. The standard InChI is InChI=1S/C22H30O3/c1-22-9-4-5-19(22)17-7-6-15-13-20(24-3)21(25-12-11-23-2)14-18(15)16(17)8-10-22/h4,9,13-14,16-17,19H,5-8,10-12H2,1-3H3/t16-,17+,19-,22-/m0/s1. The molecule has 0 amide bonds. The third-order valence-corrected chi connectivity index (χ3v) is 6.88. The first-order valence-electron chi connectivity index (χ1n) is 9.66. The molecule has 0 N–H and O–H groups in total. The Kier molecular flexibility index (Phi) is 4.53. The molecule has 3 aliphatic carbocycles. The zero-order valence-corrected chi connectivity index (χ0v) is 15.7. The van der Waals surface area contributed by atoms with Crippen LogP contribution >= 0.6 is 0 Å². The van der Waals surface area contributed by atoms with E-state index in [-0.39, 0.29) is 0 Å². The van der Waals surface area contributed by atoms with Crippen molar-refractivity contribution in [3.8, 4) is 11.5 Å². The Hall–Kier alpha value is -1.48. The van der Waals surface area contributed by atoms with E-state index in [4.69, 9.17) is 14.2 Å². The predicted molar refractivity (Wildman–Crippen MR) is 99.5 cm³/mol. The number of benzene rings is 1. The Morgan fingerprint density at radius 3 is 2.80 bits per heavy atom. The van der Waals surface area contributed by atoms with Crippen LogP contribution in [0, 0.1) is 17.3 Å². The maximum absolute atomic E-state index is 5.96. The zero-order chi connectivity index (χ0) is 17.4. The lowest BCUT2D eigenvalue weighted by Crippen LogP contribution is -2.39. The summed E-state index contributed by atoms with van der Waals surface area (Å²) in [4.78, 5) is 0. The summed E-state index contributed by atoms with van der Waals surface area (Å²) < 4.78 is 16.7. The van der Waals surface area contributed by atoms with Crippen LogP contribution in [0.1, 0.15) is 49.7 Å². The molecule has 3 nitrogen and oxygen atoms in total. The van der Waals surface area contributed by atoms with Gasteiger partial charge in [-0.05, 0) is 78.5 Å².